The van der Waals surface area contributed by atoms with Crippen molar-refractivity contribution >= 4 is 58.6 Å². The van der Waals surface area contributed by atoms with Crippen molar-refractivity contribution in [3.05, 3.63) is 160 Å². The highest BCUT2D eigenvalue weighted by Gasteiger charge is 2.24. The number of halogens is 5. The third kappa shape index (κ3) is 8.63. The van der Waals surface area contributed by atoms with E-state index in [2.05, 4.69) is 131 Å². The Kier molecular flexibility index (Phi) is 10.9. The largest absolute Gasteiger partial charge is 0.673 e. The molecule has 0 spiro atoms. The summed E-state index contributed by atoms with van der Waals surface area (Å²) in [5.74, 6) is 2.61. The lowest BCUT2D eigenvalue weighted by Gasteiger charge is -2.34. The minimum atomic E-state index is -6.00. The molecule has 0 radical (unpaired) electrons. The molecule has 4 aromatic carbocycles. The topological polar surface area (TPSA) is 27.0 Å². The molecule has 284 valence electrons. The van der Waals surface area contributed by atoms with E-state index in [1.165, 1.54) is 24.2 Å². The number of anilines is 2. The smallest absolute Gasteiger partial charge is 0.456 e. The summed E-state index contributed by atoms with van der Waals surface area (Å²) in [5, 5.41) is 1.94. The molecule has 0 unspecified atom stereocenters. The zero-order valence-corrected chi connectivity index (χ0v) is 31.5. The molecule has 1 aromatic heterocycles. The van der Waals surface area contributed by atoms with Crippen molar-refractivity contribution in [2.75, 3.05) is 36.0 Å². The van der Waals surface area contributed by atoms with Crippen LogP contribution in [0.1, 0.15) is 48.8 Å². The minimum Gasteiger partial charge on any atom is -0.456 e. The van der Waals surface area contributed by atoms with Gasteiger partial charge in [0.2, 0.25) is 0 Å². The molecule has 2 fully saturated rings. The highest BCUT2D eigenvalue weighted by atomic mass is 35.5. The molecule has 0 saturated carbocycles. The minimum absolute atomic E-state index is 0.843. The Morgan fingerprint density at radius 2 is 1.32 bits per heavy atom. The molecule has 0 N–H and O–H groups in total. The molecule has 0 atom stereocenters. The zero-order valence-electron chi connectivity index (χ0n) is 30.7. The Hall–Kier alpha value is -5.54. The first-order valence-corrected chi connectivity index (χ1v) is 19.4. The van der Waals surface area contributed by atoms with E-state index in [-0.39, 0.29) is 0 Å². The van der Waals surface area contributed by atoms with Crippen LogP contribution in [0.5, 0.6) is 5.75 Å². The Labute approximate surface area is 329 Å². The van der Waals surface area contributed by atoms with Crippen molar-refractivity contribution in [2.24, 2.45) is 0 Å². The van der Waals surface area contributed by atoms with Gasteiger partial charge in [-0.25, -0.2) is 4.42 Å². The van der Waals surface area contributed by atoms with E-state index in [0.29, 0.717) is 0 Å². The van der Waals surface area contributed by atoms with Gasteiger partial charge in [0.1, 0.15) is 11.5 Å². The van der Waals surface area contributed by atoms with Crippen molar-refractivity contribution < 1.29 is 26.4 Å². The number of ether oxygens (including phenoxy) is 1. The first kappa shape index (κ1) is 37.4. The van der Waals surface area contributed by atoms with Gasteiger partial charge in [-0.3, -0.25) is 0 Å². The number of nitrogens with zero attached hydrogens (tertiary/aromatic N) is 2. The van der Waals surface area contributed by atoms with Crippen molar-refractivity contribution in [3.8, 4) is 17.1 Å². The predicted octanol–water partition coefficient (Wildman–Crippen LogP) is 13.2. The van der Waals surface area contributed by atoms with Gasteiger partial charge in [-0.05, 0) is 91.3 Å². The van der Waals surface area contributed by atoms with E-state index in [1.807, 2.05) is 12.1 Å². The molecule has 0 amide bonds. The van der Waals surface area contributed by atoms with Crippen LogP contribution in [0.15, 0.2) is 148 Å². The van der Waals surface area contributed by atoms with Gasteiger partial charge < -0.3 is 31.8 Å². The monoisotopic (exact) mass is 774 g/mol. The van der Waals surface area contributed by atoms with Crippen LogP contribution in [-0.2, 0) is 0 Å². The van der Waals surface area contributed by atoms with E-state index in [0.717, 1.165) is 118 Å². The summed E-state index contributed by atoms with van der Waals surface area (Å²) in [6, 6.07) is 36.1. The van der Waals surface area contributed by atoms with Gasteiger partial charge >= 0.3 is 18.6 Å². The second kappa shape index (κ2) is 16.3. The fourth-order valence-corrected chi connectivity index (χ4v) is 7.61. The molecular weight excluding hydrogens is 735 g/mol. The summed E-state index contributed by atoms with van der Waals surface area (Å²) in [4.78, 5) is 4.80. The number of rotatable bonds is 7. The Bertz CT molecular complexity index is 2390. The maximum Gasteiger partial charge on any atom is 0.673 e. The SMILES string of the molecule is ClC1=C(/C=C/c2cc(-c3ccccc3)[o+]c3cc(N4CCC4)ccc23)CCC/C1=C\C=C1/C=C(c2ccccc2)Oc2cc(N3CCC3)ccc21.F[B-](F)(F)F. The van der Waals surface area contributed by atoms with Crippen molar-refractivity contribution in [2.45, 2.75) is 32.1 Å². The molecule has 3 aliphatic heterocycles. The van der Waals surface area contributed by atoms with Crippen LogP contribution in [0, 0.1) is 0 Å². The number of hydrogen-bond donors (Lipinski definition) is 0. The van der Waals surface area contributed by atoms with Crippen LogP contribution >= 0.6 is 11.6 Å². The summed E-state index contributed by atoms with van der Waals surface area (Å²) in [6.07, 6.45) is 16.4. The molecule has 2 saturated heterocycles. The van der Waals surface area contributed by atoms with Crippen LogP contribution in [0.4, 0.5) is 28.6 Å². The number of fused-ring (bicyclic) bond motifs is 2. The summed E-state index contributed by atoms with van der Waals surface area (Å²) < 4.78 is 52.0. The second-order valence-corrected chi connectivity index (χ2v) is 14.7. The summed E-state index contributed by atoms with van der Waals surface area (Å²) in [7, 11) is -6.00. The maximum atomic E-state index is 9.75. The molecule has 9 rings (SSSR count). The molecule has 5 aromatic rings. The standard InChI is InChI=1S/C46H40ClN2O2.BF4/c47-46-34(16-18-36-28-42(32-10-3-1-4-11-32)50-44-30-38(20-22-40(36)44)48-24-8-25-48)14-7-15-35(46)17-19-37-29-43(33-12-5-2-6-13-33)51-45-31-39(21-23-41(37)45)49-26-9-27-49;2-1(3,4)5/h1-6,10-13,16-23,28-31H,7-9,14-15,24-27H2;/q+1;-1. The Morgan fingerprint density at radius 3 is 1.98 bits per heavy atom. The van der Waals surface area contributed by atoms with E-state index in [1.54, 1.807) is 0 Å². The molecule has 4 heterocycles. The lowest BCUT2D eigenvalue weighted by atomic mass is 9.92. The predicted molar refractivity (Wildman–Crippen MR) is 223 cm³/mol. The second-order valence-electron chi connectivity index (χ2n) is 14.3. The number of allylic oxidation sites excluding steroid dienone is 8. The van der Waals surface area contributed by atoms with Gasteiger partial charge in [0.25, 0.3) is 0 Å². The highest BCUT2D eigenvalue weighted by molar-refractivity contribution is 6.50. The third-order valence-electron chi connectivity index (χ3n) is 10.5. The van der Waals surface area contributed by atoms with Crippen LogP contribution in [-0.4, -0.2) is 33.4 Å². The van der Waals surface area contributed by atoms with Gasteiger partial charge in [-0.15, -0.1) is 0 Å². The average molecular weight is 775 g/mol. The molecule has 56 heavy (non-hydrogen) atoms. The molecule has 4 nitrogen and oxygen atoms in total. The van der Waals surface area contributed by atoms with E-state index in [9.17, 15) is 17.3 Å². The van der Waals surface area contributed by atoms with Gasteiger partial charge in [0.05, 0.1) is 23.1 Å². The fourth-order valence-electron chi connectivity index (χ4n) is 7.30. The van der Waals surface area contributed by atoms with Crippen LogP contribution in [0.25, 0.3) is 39.7 Å². The van der Waals surface area contributed by atoms with Gasteiger partial charge in [0, 0.05) is 65.3 Å². The molecule has 10 heteroatoms. The van der Waals surface area contributed by atoms with Crippen LogP contribution in [0.2, 0.25) is 0 Å². The van der Waals surface area contributed by atoms with Crippen LogP contribution < -0.4 is 14.5 Å². The summed E-state index contributed by atoms with van der Waals surface area (Å²) in [6.45, 7) is 4.39. The first-order valence-electron chi connectivity index (χ1n) is 19.1. The molecule has 4 aliphatic rings. The van der Waals surface area contributed by atoms with Crippen LogP contribution in [0.3, 0.4) is 0 Å². The molecular formula is C46H40BClF4N2O2. The Balaban J connectivity index is 0.000000831. The van der Waals surface area contributed by atoms with E-state index in [4.69, 9.17) is 20.8 Å². The maximum absolute atomic E-state index is 9.75. The van der Waals surface area contributed by atoms with Crippen molar-refractivity contribution in [1.82, 2.24) is 0 Å². The highest BCUT2D eigenvalue weighted by Crippen LogP contribution is 2.41. The quantitative estimate of drug-likeness (QED) is 0.0935. The van der Waals surface area contributed by atoms with Crippen molar-refractivity contribution in [1.29, 1.82) is 0 Å². The van der Waals surface area contributed by atoms with E-state index < -0.39 is 7.25 Å². The zero-order chi connectivity index (χ0) is 38.6. The van der Waals surface area contributed by atoms with Crippen molar-refractivity contribution in [3.63, 3.8) is 0 Å². The Morgan fingerprint density at radius 1 is 0.679 bits per heavy atom. The first-order chi connectivity index (χ1) is 27.2. The van der Waals surface area contributed by atoms with Gasteiger partial charge in [0.15, 0.2) is 0 Å². The third-order valence-corrected chi connectivity index (χ3v) is 11.0. The number of hydrogen-bond acceptors (Lipinski definition) is 3. The molecule has 1 aliphatic carbocycles. The lowest BCUT2D eigenvalue weighted by molar-refractivity contribution is 0.368. The summed E-state index contributed by atoms with van der Waals surface area (Å²) in [5.41, 5.74) is 11.1. The molecule has 0 bridgehead atoms. The van der Waals surface area contributed by atoms with Gasteiger partial charge in [-0.2, -0.15) is 0 Å². The number of benzene rings is 4. The normalized spacial score (nSPS) is 18.3. The lowest BCUT2D eigenvalue weighted by Crippen LogP contribution is -2.36. The fraction of sp³-hybridized carbons (Fsp3) is 0.196. The van der Waals surface area contributed by atoms with E-state index >= 15 is 0 Å². The van der Waals surface area contributed by atoms with Gasteiger partial charge in [-0.1, -0.05) is 84.4 Å². The average Bonchev–Trinajstić information content (AvgIpc) is 3.15. The summed E-state index contributed by atoms with van der Waals surface area (Å²) >= 11 is 7.22.